The zero-order valence-electron chi connectivity index (χ0n) is 10.5. The minimum Gasteiger partial charge on any atom is -0.353 e. The molecular weight excluding hydrogens is 188 g/mol. The van der Waals surface area contributed by atoms with E-state index in [1.807, 2.05) is 6.92 Å². The first-order valence-corrected chi connectivity index (χ1v) is 6.29. The fraction of sp³-hybridized carbons (Fsp3) is 1.00. The maximum Gasteiger partial charge on any atom is 0.158 e. The lowest BCUT2D eigenvalue weighted by Gasteiger charge is -2.40. The minimum atomic E-state index is 0.0707. The van der Waals surface area contributed by atoms with E-state index >= 15 is 0 Å². The normalized spacial score (nSPS) is 44.0. The molecule has 88 valence electrons. The topological polar surface area (TPSA) is 18.5 Å². The highest BCUT2D eigenvalue weighted by atomic mass is 16.7. The van der Waals surface area contributed by atoms with E-state index in [0.29, 0.717) is 11.5 Å². The summed E-state index contributed by atoms with van der Waals surface area (Å²) >= 11 is 0. The second kappa shape index (κ2) is 4.06. The summed E-state index contributed by atoms with van der Waals surface area (Å²) in [5.41, 5.74) is 0.446. The van der Waals surface area contributed by atoms with E-state index < -0.39 is 0 Å². The summed E-state index contributed by atoms with van der Waals surface area (Å²) in [5, 5.41) is 0. The molecule has 1 aliphatic carbocycles. The molecule has 4 atom stereocenters. The third-order valence-electron chi connectivity index (χ3n) is 3.98. The molecule has 0 spiro atoms. The molecule has 2 aliphatic rings. The highest BCUT2D eigenvalue weighted by molar-refractivity contribution is 4.93. The molecule has 0 radical (unpaired) electrons. The Bertz CT molecular complexity index is 225. The highest BCUT2D eigenvalue weighted by Gasteiger charge is 2.46. The quantitative estimate of drug-likeness (QED) is 0.699. The second-order valence-corrected chi connectivity index (χ2v) is 6.01. The van der Waals surface area contributed by atoms with Gasteiger partial charge in [0.05, 0.1) is 6.10 Å². The van der Waals surface area contributed by atoms with Crippen LogP contribution in [0.1, 0.15) is 47.0 Å². The second-order valence-electron chi connectivity index (χ2n) is 6.01. The van der Waals surface area contributed by atoms with Crippen LogP contribution in [0.15, 0.2) is 0 Å². The van der Waals surface area contributed by atoms with E-state index in [-0.39, 0.29) is 6.29 Å². The number of hydrogen-bond donors (Lipinski definition) is 0. The molecule has 1 saturated carbocycles. The van der Waals surface area contributed by atoms with Gasteiger partial charge in [-0.15, -0.1) is 0 Å². The summed E-state index contributed by atoms with van der Waals surface area (Å²) in [4.78, 5) is 0. The fourth-order valence-corrected chi connectivity index (χ4v) is 3.47. The Balaban J connectivity index is 2.00. The lowest BCUT2D eigenvalue weighted by Crippen LogP contribution is -2.36. The van der Waals surface area contributed by atoms with Gasteiger partial charge >= 0.3 is 0 Å². The Morgan fingerprint density at radius 3 is 2.73 bits per heavy atom. The van der Waals surface area contributed by atoms with E-state index in [2.05, 4.69) is 20.8 Å². The molecule has 15 heavy (non-hydrogen) atoms. The zero-order chi connectivity index (χ0) is 11.1. The SMILES string of the molecule is CCO[C@H]1C[C@H]2[C@@H](C)CC(C)(C)C[C@H]2O1. The number of fused-ring (bicyclic) bond motifs is 1. The van der Waals surface area contributed by atoms with Crippen LogP contribution in [0.3, 0.4) is 0 Å². The van der Waals surface area contributed by atoms with Crippen molar-refractivity contribution >= 4 is 0 Å². The van der Waals surface area contributed by atoms with Gasteiger partial charge in [0, 0.05) is 13.0 Å². The molecule has 0 amide bonds. The molecule has 0 unspecified atom stereocenters. The van der Waals surface area contributed by atoms with Gasteiger partial charge in [0.2, 0.25) is 0 Å². The maximum absolute atomic E-state index is 5.99. The fourth-order valence-electron chi connectivity index (χ4n) is 3.47. The summed E-state index contributed by atoms with van der Waals surface area (Å²) < 4.78 is 11.6. The Kier molecular flexibility index (Phi) is 3.09. The average molecular weight is 212 g/mol. The standard InChI is InChI=1S/C13H24O2/c1-5-14-12-6-10-9(2)7-13(3,4)8-11(10)15-12/h9-12H,5-8H2,1-4H3/t9-,10-,11+,12+/m0/s1. The van der Waals surface area contributed by atoms with Crippen LogP contribution in [-0.4, -0.2) is 19.0 Å². The molecule has 1 saturated heterocycles. The van der Waals surface area contributed by atoms with Crippen LogP contribution in [0.25, 0.3) is 0 Å². The Hall–Kier alpha value is -0.0800. The molecule has 2 nitrogen and oxygen atoms in total. The van der Waals surface area contributed by atoms with E-state index in [9.17, 15) is 0 Å². The lowest BCUT2D eigenvalue weighted by atomic mass is 9.66. The van der Waals surface area contributed by atoms with Crippen molar-refractivity contribution in [1.29, 1.82) is 0 Å². The molecule has 1 heterocycles. The van der Waals surface area contributed by atoms with Crippen molar-refractivity contribution in [2.45, 2.75) is 59.4 Å². The Morgan fingerprint density at radius 2 is 2.07 bits per heavy atom. The summed E-state index contributed by atoms with van der Waals surface area (Å²) in [6.45, 7) is 9.89. The predicted octanol–water partition coefficient (Wildman–Crippen LogP) is 3.21. The van der Waals surface area contributed by atoms with Gasteiger partial charge < -0.3 is 9.47 Å². The van der Waals surface area contributed by atoms with Crippen molar-refractivity contribution in [1.82, 2.24) is 0 Å². The van der Waals surface area contributed by atoms with Crippen molar-refractivity contribution in [3.05, 3.63) is 0 Å². The predicted molar refractivity (Wildman–Crippen MR) is 60.6 cm³/mol. The number of hydrogen-bond acceptors (Lipinski definition) is 2. The molecule has 2 fully saturated rings. The van der Waals surface area contributed by atoms with Crippen molar-refractivity contribution < 1.29 is 9.47 Å². The average Bonchev–Trinajstić information content (AvgIpc) is 2.46. The van der Waals surface area contributed by atoms with Gasteiger partial charge in [0.1, 0.15) is 0 Å². The van der Waals surface area contributed by atoms with Gasteiger partial charge in [0.25, 0.3) is 0 Å². The van der Waals surface area contributed by atoms with Crippen LogP contribution in [0, 0.1) is 17.3 Å². The largest absolute Gasteiger partial charge is 0.353 e. The third kappa shape index (κ3) is 2.36. The molecule has 2 heteroatoms. The summed E-state index contributed by atoms with van der Waals surface area (Å²) in [7, 11) is 0. The first kappa shape index (κ1) is 11.4. The maximum atomic E-state index is 5.99. The first-order chi connectivity index (χ1) is 7.02. The molecule has 0 aromatic carbocycles. The van der Waals surface area contributed by atoms with Crippen LogP contribution in [0.4, 0.5) is 0 Å². The van der Waals surface area contributed by atoms with Gasteiger partial charge in [0.15, 0.2) is 6.29 Å². The monoisotopic (exact) mass is 212 g/mol. The van der Waals surface area contributed by atoms with Gasteiger partial charge in [-0.1, -0.05) is 20.8 Å². The Labute approximate surface area is 93.3 Å². The van der Waals surface area contributed by atoms with Crippen molar-refractivity contribution in [3.63, 3.8) is 0 Å². The molecular formula is C13H24O2. The van der Waals surface area contributed by atoms with E-state index in [0.717, 1.165) is 24.9 Å². The van der Waals surface area contributed by atoms with Crippen LogP contribution in [-0.2, 0) is 9.47 Å². The molecule has 0 aromatic heterocycles. The molecule has 0 N–H and O–H groups in total. The van der Waals surface area contributed by atoms with Crippen molar-refractivity contribution in [3.8, 4) is 0 Å². The van der Waals surface area contributed by atoms with Gasteiger partial charge in [-0.3, -0.25) is 0 Å². The van der Waals surface area contributed by atoms with Gasteiger partial charge in [-0.2, -0.15) is 0 Å². The molecule has 2 rings (SSSR count). The third-order valence-corrected chi connectivity index (χ3v) is 3.98. The summed E-state index contributed by atoms with van der Waals surface area (Å²) in [6.07, 6.45) is 4.15. The summed E-state index contributed by atoms with van der Waals surface area (Å²) in [6, 6.07) is 0. The lowest BCUT2D eigenvalue weighted by molar-refractivity contribution is -0.141. The van der Waals surface area contributed by atoms with Gasteiger partial charge in [-0.25, -0.2) is 0 Å². The highest BCUT2D eigenvalue weighted by Crippen LogP contribution is 2.48. The zero-order valence-corrected chi connectivity index (χ0v) is 10.5. The van der Waals surface area contributed by atoms with Crippen LogP contribution in [0.2, 0.25) is 0 Å². The van der Waals surface area contributed by atoms with E-state index in [1.165, 1.54) is 12.8 Å². The van der Waals surface area contributed by atoms with Crippen molar-refractivity contribution in [2.24, 2.45) is 17.3 Å². The molecule has 1 aliphatic heterocycles. The van der Waals surface area contributed by atoms with E-state index in [1.54, 1.807) is 0 Å². The van der Waals surface area contributed by atoms with Gasteiger partial charge in [-0.05, 0) is 37.0 Å². The van der Waals surface area contributed by atoms with Crippen molar-refractivity contribution in [2.75, 3.05) is 6.61 Å². The number of rotatable bonds is 2. The number of ether oxygens (including phenoxy) is 2. The first-order valence-electron chi connectivity index (χ1n) is 6.29. The molecule has 0 aromatic rings. The summed E-state index contributed by atoms with van der Waals surface area (Å²) in [5.74, 6) is 1.51. The van der Waals surface area contributed by atoms with Crippen LogP contribution < -0.4 is 0 Å². The smallest absolute Gasteiger partial charge is 0.158 e. The molecule has 0 bridgehead atoms. The Morgan fingerprint density at radius 1 is 1.33 bits per heavy atom. The minimum absolute atomic E-state index is 0.0707. The van der Waals surface area contributed by atoms with Crippen LogP contribution in [0.5, 0.6) is 0 Å². The van der Waals surface area contributed by atoms with Crippen LogP contribution >= 0.6 is 0 Å². The van der Waals surface area contributed by atoms with E-state index in [4.69, 9.17) is 9.47 Å².